The first-order valence-electron chi connectivity index (χ1n) is 9.79. The van der Waals surface area contributed by atoms with Gasteiger partial charge in [0.2, 0.25) is 0 Å². The predicted molar refractivity (Wildman–Crippen MR) is 107 cm³/mol. The summed E-state index contributed by atoms with van der Waals surface area (Å²) >= 11 is 1.52. The van der Waals surface area contributed by atoms with Crippen LogP contribution in [0.4, 0.5) is 13.2 Å². The van der Waals surface area contributed by atoms with E-state index in [-0.39, 0.29) is 11.8 Å². The molecule has 1 atom stereocenters. The maximum Gasteiger partial charge on any atom is 0.490 e. The van der Waals surface area contributed by atoms with Gasteiger partial charge >= 0.3 is 12.1 Å². The molecule has 0 radical (unpaired) electrons. The van der Waals surface area contributed by atoms with Crippen LogP contribution in [0.2, 0.25) is 0 Å². The molecule has 0 spiro atoms. The van der Waals surface area contributed by atoms with Crippen molar-refractivity contribution in [3.63, 3.8) is 0 Å². The third-order valence-electron chi connectivity index (χ3n) is 5.19. The zero-order chi connectivity index (χ0) is 22.8. The number of nitrogens with zero attached hydrogens (tertiary/aromatic N) is 3. The molecule has 3 heterocycles. The van der Waals surface area contributed by atoms with Crippen molar-refractivity contribution in [1.82, 2.24) is 14.5 Å². The first-order chi connectivity index (χ1) is 14.6. The standard InChI is InChI=1S/C18H23N3O2S.C2HF3O2/c1-12-5-6-24-17(12)18(22)21-7-14(10-23-9-13-3-4-13)16-15(8-21)19-11-20(16)2;3-2(4,5)1(6)7/h5-6,11,13-14H,3-4,7-10H2,1-2H3;(H,6,7). The highest BCUT2D eigenvalue weighted by Gasteiger charge is 2.38. The number of carbonyl (C=O) groups excluding carboxylic acids is 1. The van der Waals surface area contributed by atoms with E-state index in [1.54, 1.807) is 0 Å². The van der Waals surface area contributed by atoms with Crippen LogP contribution in [0, 0.1) is 12.8 Å². The Morgan fingerprint density at radius 1 is 1.32 bits per heavy atom. The molecule has 170 valence electrons. The summed E-state index contributed by atoms with van der Waals surface area (Å²) in [5, 5.41) is 9.11. The van der Waals surface area contributed by atoms with Crippen LogP contribution in [0.3, 0.4) is 0 Å². The number of amides is 1. The molecule has 0 saturated heterocycles. The predicted octanol–water partition coefficient (Wildman–Crippen LogP) is 3.59. The number of rotatable bonds is 5. The number of aryl methyl sites for hydroxylation is 2. The summed E-state index contributed by atoms with van der Waals surface area (Å²) in [6.07, 6.45) is -0.642. The van der Waals surface area contributed by atoms with E-state index in [0.29, 0.717) is 19.7 Å². The minimum absolute atomic E-state index is 0.117. The van der Waals surface area contributed by atoms with Gasteiger partial charge in [0.1, 0.15) is 0 Å². The van der Waals surface area contributed by atoms with Crippen LogP contribution in [-0.4, -0.2) is 57.4 Å². The Labute approximate surface area is 181 Å². The van der Waals surface area contributed by atoms with Crippen LogP contribution in [0.15, 0.2) is 17.8 Å². The average Bonchev–Trinajstić information content (AvgIpc) is 3.30. The van der Waals surface area contributed by atoms with Crippen molar-refractivity contribution in [3.05, 3.63) is 39.6 Å². The first-order valence-corrected chi connectivity index (χ1v) is 10.7. The van der Waals surface area contributed by atoms with E-state index in [2.05, 4.69) is 9.55 Å². The Balaban J connectivity index is 0.000000339. The molecule has 0 bridgehead atoms. The number of carboxylic acid groups (broad SMARTS) is 1. The van der Waals surface area contributed by atoms with Gasteiger partial charge in [-0.1, -0.05) is 0 Å². The van der Waals surface area contributed by atoms with E-state index in [4.69, 9.17) is 14.6 Å². The highest BCUT2D eigenvalue weighted by Crippen LogP contribution is 2.32. The maximum absolute atomic E-state index is 12.9. The number of hydrogen-bond donors (Lipinski definition) is 1. The Morgan fingerprint density at radius 2 is 2.00 bits per heavy atom. The van der Waals surface area contributed by atoms with E-state index in [1.165, 1.54) is 29.9 Å². The minimum Gasteiger partial charge on any atom is -0.475 e. The molecule has 0 aromatic carbocycles. The van der Waals surface area contributed by atoms with E-state index in [1.807, 2.05) is 36.6 Å². The molecule has 4 rings (SSSR count). The summed E-state index contributed by atoms with van der Waals surface area (Å²) in [6.45, 7) is 4.80. The largest absolute Gasteiger partial charge is 0.490 e. The Bertz CT molecular complexity index is 936. The molecule has 2 aliphatic rings. The molecule has 1 amide bonds. The number of fused-ring (bicyclic) bond motifs is 1. The molecule has 1 fully saturated rings. The smallest absolute Gasteiger partial charge is 0.475 e. The first kappa shape index (κ1) is 23.3. The van der Waals surface area contributed by atoms with Gasteiger partial charge in [-0.15, -0.1) is 11.3 Å². The van der Waals surface area contributed by atoms with Crippen molar-refractivity contribution in [2.45, 2.75) is 38.4 Å². The Morgan fingerprint density at radius 3 is 2.55 bits per heavy atom. The van der Waals surface area contributed by atoms with E-state index in [0.717, 1.165) is 28.7 Å². The SMILES string of the molecule is Cc1ccsc1C(=O)N1Cc2ncn(C)c2C(COCC2CC2)C1.O=C(O)C(F)(F)F. The van der Waals surface area contributed by atoms with Crippen LogP contribution in [0.25, 0.3) is 0 Å². The van der Waals surface area contributed by atoms with Gasteiger partial charge in [-0.2, -0.15) is 13.2 Å². The second kappa shape index (κ2) is 9.39. The van der Waals surface area contributed by atoms with Gasteiger partial charge in [0, 0.05) is 31.8 Å². The molecule has 2 aromatic rings. The lowest BCUT2D eigenvalue weighted by Gasteiger charge is -2.32. The molecular formula is C20H24F3N3O4S. The number of ether oxygens (including phenoxy) is 1. The molecule has 1 saturated carbocycles. The fraction of sp³-hybridized carbons (Fsp3) is 0.550. The number of halogens is 3. The van der Waals surface area contributed by atoms with Gasteiger partial charge in [-0.3, -0.25) is 4.79 Å². The van der Waals surface area contributed by atoms with Crippen LogP contribution in [0.5, 0.6) is 0 Å². The molecule has 1 N–H and O–H groups in total. The van der Waals surface area contributed by atoms with E-state index >= 15 is 0 Å². The number of hydrogen-bond acceptors (Lipinski definition) is 5. The van der Waals surface area contributed by atoms with Gasteiger partial charge in [0.05, 0.1) is 30.1 Å². The monoisotopic (exact) mass is 459 g/mol. The summed E-state index contributed by atoms with van der Waals surface area (Å²) in [4.78, 5) is 29.1. The van der Waals surface area contributed by atoms with Crippen molar-refractivity contribution >= 4 is 23.2 Å². The van der Waals surface area contributed by atoms with Crippen molar-refractivity contribution in [1.29, 1.82) is 0 Å². The molecule has 2 aromatic heterocycles. The molecule has 31 heavy (non-hydrogen) atoms. The third kappa shape index (κ3) is 5.85. The lowest BCUT2D eigenvalue weighted by Crippen LogP contribution is -2.40. The Kier molecular flexibility index (Phi) is 7.05. The topological polar surface area (TPSA) is 84.7 Å². The second-order valence-corrected chi connectivity index (χ2v) is 8.70. The van der Waals surface area contributed by atoms with Gasteiger partial charge in [0.15, 0.2) is 0 Å². The number of imidazole rings is 1. The molecule has 1 aliphatic carbocycles. The molecule has 1 unspecified atom stereocenters. The van der Waals surface area contributed by atoms with Crippen LogP contribution in [0.1, 0.15) is 45.4 Å². The number of thiophene rings is 1. The quantitative estimate of drug-likeness (QED) is 0.739. The fourth-order valence-corrected chi connectivity index (χ4v) is 4.31. The molecule has 1 aliphatic heterocycles. The van der Waals surface area contributed by atoms with Crippen LogP contribution >= 0.6 is 11.3 Å². The lowest BCUT2D eigenvalue weighted by molar-refractivity contribution is -0.192. The van der Waals surface area contributed by atoms with E-state index in [9.17, 15) is 18.0 Å². The highest BCUT2D eigenvalue weighted by molar-refractivity contribution is 7.12. The van der Waals surface area contributed by atoms with Crippen molar-refractivity contribution in [3.8, 4) is 0 Å². The molecule has 11 heteroatoms. The van der Waals surface area contributed by atoms with Gasteiger partial charge in [-0.05, 0) is 42.7 Å². The second-order valence-electron chi connectivity index (χ2n) is 7.79. The van der Waals surface area contributed by atoms with Crippen LogP contribution < -0.4 is 0 Å². The summed E-state index contributed by atoms with van der Waals surface area (Å²) in [6, 6.07) is 2.00. The average molecular weight is 459 g/mol. The summed E-state index contributed by atoms with van der Waals surface area (Å²) in [5.74, 6) is -1.69. The van der Waals surface area contributed by atoms with Gasteiger partial charge < -0.3 is 19.3 Å². The molecular weight excluding hydrogens is 435 g/mol. The third-order valence-corrected chi connectivity index (χ3v) is 6.19. The number of carbonyl (C=O) groups is 2. The Hall–Kier alpha value is -2.40. The lowest BCUT2D eigenvalue weighted by atomic mass is 9.98. The van der Waals surface area contributed by atoms with Crippen molar-refractivity contribution in [2.24, 2.45) is 13.0 Å². The summed E-state index contributed by atoms with van der Waals surface area (Å²) in [5.41, 5.74) is 3.28. The maximum atomic E-state index is 12.9. The molecule has 7 nitrogen and oxygen atoms in total. The zero-order valence-corrected chi connectivity index (χ0v) is 18.0. The summed E-state index contributed by atoms with van der Waals surface area (Å²) < 4.78 is 39.8. The van der Waals surface area contributed by atoms with Gasteiger partial charge in [0.25, 0.3) is 5.91 Å². The highest BCUT2D eigenvalue weighted by atomic mass is 32.1. The van der Waals surface area contributed by atoms with Crippen molar-refractivity contribution < 1.29 is 32.6 Å². The summed E-state index contributed by atoms with van der Waals surface area (Å²) in [7, 11) is 2.03. The van der Waals surface area contributed by atoms with Gasteiger partial charge in [-0.25, -0.2) is 9.78 Å². The number of aliphatic carboxylic acids is 1. The zero-order valence-electron chi connectivity index (χ0n) is 17.2. The number of alkyl halides is 3. The van der Waals surface area contributed by atoms with E-state index < -0.39 is 12.1 Å². The number of aromatic nitrogens is 2. The fourth-order valence-electron chi connectivity index (χ4n) is 3.41. The normalized spacial score (nSPS) is 18.2. The van der Waals surface area contributed by atoms with Crippen LogP contribution in [-0.2, 0) is 23.1 Å². The minimum atomic E-state index is -5.08. The number of carboxylic acids is 1. The van der Waals surface area contributed by atoms with Crippen molar-refractivity contribution in [2.75, 3.05) is 19.8 Å².